The van der Waals surface area contributed by atoms with E-state index in [0.717, 1.165) is 66.0 Å². The molecule has 1 unspecified atom stereocenters. The Bertz CT molecular complexity index is 904. The molecule has 1 atom stereocenters. The molecule has 4 rings (SSSR count). The van der Waals surface area contributed by atoms with Gasteiger partial charge in [-0.15, -0.1) is 0 Å². The molecule has 1 aliphatic heterocycles. The average Bonchev–Trinajstić information content (AvgIpc) is 3.28. The van der Waals surface area contributed by atoms with Crippen molar-refractivity contribution in [3.05, 3.63) is 53.6 Å². The smallest absolute Gasteiger partial charge is 0.162 e. The Morgan fingerprint density at radius 1 is 1.10 bits per heavy atom. The summed E-state index contributed by atoms with van der Waals surface area (Å²) in [6.07, 6.45) is 7.33. The van der Waals surface area contributed by atoms with Crippen LogP contribution in [0.25, 0.3) is 0 Å². The molecule has 6 nitrogen and oxygen atoms in total. The summed E-state index contributed by atoms with van der Waals surface area (Å²) in [4.78, 5) is 11.6. The second-order valence-corrected chi connectivity index (χ2v) is 8.02. The third-order valence-electron chi connectivity index (χ3n) is 5.88. The minimum Gasteiger partial charge on any atom is -0.493 e. The van der Waals surface area contributed by atoms with Crippen molar-refractivity contribution in [1.29, 1.82) is 0 Å². The van der Waals surface area contributed by atoms with Crippen LogP contribution in [-0.4, -0.2) is 36.3 Å². The van der Waals surface area contributed by atoms with Crippen molar-refractivity contribution in [2.75, 3.05) is 12.8 Å². The van der Waals surface area contributed by atoms with Gasteiger partial charge >= 0.3 is 0 Å². The van der Waals surface area contributed by atoms with Crippen molar-refractivity contribution in [2.45, 2.75) is 57.2 Å². The molecule has 30 heavy (non-hydrogen) atoms. The Labute approximate surface area is 177 Å². The lowest BCUT2D eigenvalue weighted by Crippen LogP contribution is -2.37. The van der Waals surface area contributed by atoms with E-state index in [4.69, 9.17) is 20.3 Å². The molecule has 1 saturated carbocycles. The number of methoxy groups -OCH3 is 1. The van der Waals surface area contributed by atoms with Crippen LogP contribution in [0.15, 0.2) is 47.6 Å². The number of carbonyl (C=O) groups excluding carboxylic acids is 1. The number of aldehydes is 1. The van der Waals surface area contributed by atoms with Gasteiger partial charge in [0.2, 0.25) is 0 Å². The summed E-state index contributed by atoms with van der Waals surface area (Å²) in [5.41, 5.74) is 9.55. The van der Waals surface area contributed by atoms with Gasteiger partial charge in [0, 0.05) is 11.3 Å². The Kier molecular flexibility index (Phi) is 6.21. The summed E-state index contributed by atoms with van der Waals surface area (Å²) in [5.74, 6) is 1.51. The summed E-state index contributed by atoms with van der Waals surface area (Å²) >= 11 is 0. The monoisotopic (exact) mass is 407 g/mol. The van der Waals surface area contributed by atoms with E-state index in [9.17, 15) is 4.79 Å². The number of carbonyl (C=O) groups is 1. The van der Waals surface area contributed by atoms with Crippen LogP contribution in [0.1, 0.15) is 49.7 Å². The molecule has 6 heteroatoms. The van der Waals surface area contributed by atoms with Crippen LogP contribution in [0.5, 0.6) is 11.5 Å². The van der Waals surface area contributed by atoms with Crippen molar-refractivity contribution in [3.8, 4) is 11.5 Å². The first-order chi connectivity index (χ1) is 14.7. The molecule has 0 amide bonds. The highest BCUT2D eigenvalue weighted by atomic mass is 16.5. The van der Waals surface area contributed by atoms with Gasteiger partial charge in [0.25, 0.3) is 0 Å². The summed E-state index contributed by atoms with van der Waals surface area (Å²) in [7, 11) is 1.66. The molecule has 1 fully saturated rings. The molecule has 1 heterocycles. The maximum Gasteiger partial charge on any atom is 0.162 e. The van der Waals surface area contributed by atoms with Crippen molar-refractivity contribution in [3.63, 3.8) is 0 Å². The van der Waals surface area contributed by atoms with Gasteiger partial charge in [0.05, 0.1) is 25.5 Å². The summed E-state index contributed by atoms with van der Waals surface area (Å²) in [5, 5.41) is 6.72. The zero-order valence-corrected chi connectivity index (χ0v) is 17.4. The number of anilines is 1. The van der Waals surface area contributed by atoms with Crippen LogP contribution in [-0.2, 0) is 11.3 Å². The summed E-state index contributed by atoms with van der Waals surface area (Å²) in [6, 6.07) is 13.5. The van der Waals surface area contributed by atoms with Crippen LogP contribution in [0, 0.1) is 0 Å². The molecule has 1 aliphatic carbocycles. The molecule has 2 aliphatic rings. The first kappa shape index (κ1) is 20.3. The van der Waals surface area contributed by atoms with Gasteiger partial charge in [0.15, 0.2) is 11.5 Å². The van der Waals surface area contributed by atoms with E-state index in [-0.39, 0.29) is 12.1 Å². The number of nitrogens with two attached hydrogens (primary N) is 1. The van der Waals surface area contributed by atoms with Crippen molar-refractivity contribution in [2.24, 2.45) is 5.10 Å². The molecule has 158 valence electrons. The molecular weight excluding hydrogens is 378 g/mol. The summed E-state index contributed by atoms with van der Waals surface area (Å²) in [6.45, 7) is 0.564. The molecule has 2 aromatic carbocycles. The molecular formula is C24H29N3O3. The lowest BCUT2D eigenvalue weighted by Gasteiger charge is -2.31. The van der Waals surface area contributed by atoms with E-state index in [1.807, 2.05) is 47.5 Å². The molecule has 2 aromatic rings. The molecule has 0 spiro atoms. The van der Waals surface area contributed by atoms with E-state index in [0.29, 0.717) is 6.54 Å². The maximum atomic E-state index is 11.6. The minimum absolute atomic E-state index is 0.223. The standard InChI is InChI=1S/C24H29N3O3/c1-29-23-13-8-18(14-24(23)30-21-4-2-3-5-21)22-12-11-20(16-28)27(26-22)15-17-6-9-19(25)10-7-17/h6-10,13-14,16,20-21H,2-5,11-12,15,25H2,1H3. The number of nitrogens with zero attached hydrogens (tertiary/aromatic N) is 2. The lowest BCUT2D eigenvalue weighted by molar-refractivity contribution is -0.113. The molecule has 0 bridgehead atoms. The van der Waals surface area contributed by atoms with Crippen LogP contribution in [0.3, 0.4) is 0 Å². The Hall–Kier alpha value is -3.02. The molecule has 2 N–H and O–H groups in total. The fourth-order valence-electron chi connectivity index (χ4n) is 4.15. The third kappa shape index (κ3) is 4.58. The highest BCUT2D eigenvalue weighted by Crippen LogP contribution is 2.33. The number of ether oxygens (including phenoxy) is 2. The second kappa shape index (κ2) is 9.20. The van der Waals surface area contributed by atoms with Gasteiger partial charge < -0.3 is 20.0 Å². The highest BCUT2D eigenvalue weighted by Gasteiger charge is 2.25. The number of hydrogen-bond donors (Lipinski definition) is 1. The number of benzene rings is 2. The van der Waals surface area contributed by atoms with E-state index in [1.54, 1.807) is 7.11 Å². The number of hydrazone groups is 1. The largest absolute Gasteiger partial charge is 0.493 e. The van der Waals surface area contributed by atoms with Gasteiger partial charge in [-0.1, -0.05) is 12.1 Å². The average molecular weight is 408 g/mol. The molecule has 0 aromatic heterocycles. The van der Waals surface area contributed by atoms with Crippen LogP contribution in [0.4, 0.5) is 5.69 Å². The zero-order valence-electron chi connectivity index (χ0n) is 17.4. The van der Waals surface area contributed by atoms with E-state index in [1.165, 1.54) is 12.8 Å². The number of rotatable bonds is 7. The zero-order chi connectivity index (χ0) is 20.9. The van der Waals surface area contributed by atoms with Crippen molar-refractivity contribution >= 4 is 17.7 Å². The Balaban J connectivity index is 1.58. The van der Waals surface area contributed by atoms with E-state index < -0.39 is 0 Å². The van der Waals surface area contributed by atoms with Gasteiger partial charge in [-0.25, -0.2) is 0 Å². The maximum absolute atomic E-state index is 11.6. The predicted molar refractivity (Wildman–Crippen MR) is 118 cm³/mol. The van der Waals surface area contributed by atoms with Crippen LogP contribution < -0.4 is 15.2 Å². The minimum atomic E-state index is -0.223. The Morgan fingerprint density at radius 3 is 2.57 bits per heavy atom. The lowest BCUT2D eigenvalue weighted by atomic mass is 10.00. The Morgan fingerprint density at radius 2 is 1.87 bits per heavy atom. The van der Waals surface area contributed by atoms with Crippen LogP contribution >= 0.6 is 0 Å². The third-order valence-corrected chi connectivity index (χ3v) is 5.88. The second-order valence-electron chi connectivity index (χ2n) is 8.02. The van der Waals surface area contributed by atoms with Gasteiger partial charge in [-0.2, -0.15) is 5.10 Å². The van der Waals surface area contributed by atoms with E-state index in [2.05, 4.69) is 0 Å². The van der Waals surface area contributed by atoms with Gasteiger partial charge in [-0.05, 0) is 74.4 Å². The first-order valence-corrected chi connectivity index (χ1v) is 10.6. The van der Waals surface area contributed by atoms with Crippen molar-refractivity contribution < 1.29 is 14.3 Å². The quantitative estimate of drug-likeness (QED) is 0.551. The van der Waals surface area contributed by atoms with E-state index >= 15 is 0 Å². The topological polar surface area (TPSA) is 77.1 Å². The normalized spacial score (nSPS) is 19.4. The van der Waals surface area contributed by atoms with Crippen molar-refractivity contribution in [1.82, 2.24) is 5.01 Å². The fourth-order valence-corrected chi connectivity index (χ4v) is 4.15. The van der Waals surface area contributed by atoms with Gasteiger partial charge in [0.1, 0.15) is 12.3 Å². The molecule has 0 saturated heterocycles. The number of nitrogen functional groups attached to an aromatic ring is 1. The van der Waals surface area contributed by atoms with Gasteiger partial charge in [-0.3, -0.25) is 5.01 Å². The fraction of sp³-hybridized carbons (Fsp3) is 0.417. The first-order valence-electron chi connectivity index (χ1n) is 10.6. The molecule has 0 radical (unpaired) electrons. The summed E-state index contributed by atoms with van der Waals surface area (Å²) < 4.78 is 11.8. The number of hydrogen-bond acceptors (Lipinski definition) is 6. The highest BCUT2D eigenvalue weighted by molar-refractivity contribution is 6.01. The SMILES string of the molecule is COc1ccc(C2=NN(Cc3ccc(N)cc3)C(C=O)CC2)cc1OC1CCCC1. The predicted octanol–water partition coefficient (Wildman–Crippen LogP) is 4.17. The van der Waals surface area contributed by atoms with Crippen LogP contribution in [0.2, 0.25) is 0 Å².